The van der Waals surface area contributed by atoms with Crippen molar-refractivity contribution in [3.63, 3.8) is 0 Å². The van der Waals surface area contributed by atoms with Gasteiger partial charge in [0.1, 0.15) is 6.10 Å². The molecule has 2 fully saturated rings. The zero-order chi connectivity index (χ0) is 18.9. The third kappa shape index (κ3) is 3.93. The zero-order valence-corrected chi connectivity index (χ0v) is 16.8. The van der Waals surface area contributed by atoms with Crippen LogP contribution in [0.3, 0.4) is 0 Å². The van der Waals surface area contributed by atoms with Crippen LogP contribution in [0.15, 0.2) is 36.0 Å². The normalized spacial score (nSPS) is 28.5. The molecule has 1 N–H and O–H groups in total. The molecule has 0 radical (unpaired) electrons. The van der Waals surface area contributed by atoms with Gasteiger partial charge < -0.3 is 10.1 Å². The Morgan fingerprint density at radius 2 is 2.33 bits per heavy atom. The Morgan fingerprint density at radius 1 is 1.44 bits per heavy atom. The fraction of sp³-hybridized carbons (Fsp3) is 0.524. The Labute approximate surface area is 164 Å². The molecule has 1 spiro atoms. The summed E-state index contributed by atoms with van der Waals surface area (Å²) in [7, 11) is 0. The number of thiophene rings is 1. The Bertz CT molecular complexity index is 794. The average Bonchev–Trinajstić information content (AvgIpc) is 3.27. The van der Waals surface area contributed by atoms with Crippen molar-refractivity contribution < 1.29 is 9.53 Å². The number of carbonyl (C=O) groups is 1. The Balaban J connectivity index is 1.35. The van der Waals surface area contributed by atoms with Crippen molar-refractivity contribution in [2.45, 2.75) is 51.4 Å². The van der Waals surface area contributed by atoms with E-state index in [1.54, 1.807) is 12.4 Å². The van der Waals surface area contributed by atoms with Crippen molar-refractivity contribution >= 4 is 22.9 Å². The highest BCUT2D eigenvalue weighted by Crippen LogP contribution is 2.43. The van der Waals surface area contributed by atoms with Gasteiger partial charge in [0.05, 0.1) is 17.5 Å². The molecule has 3 atom stereocenters. The van der Waals surface area contributed by atoms with Gasteiger partial charge in [0.25, 0.3) is 5.91 Å². The minimum atomic E-state index is -0.362. The maximum absolute atomic E-state index is 12.6. The predicted molar refractivity (Wildman–Crippen MR) is 108 cm³/mol. The number of nitrogens with one attached hydrogen (secondary N) is 1. The van der Waals surface area contributed by atoms with E-state index in [4.69, 9.17) is 4.74 Å². The highest BCUT2D eigenvalue weighted by molar-refractivity contribution is 7.10. The van der Waals surface area contributed by atoms with Gasteiger partial charge in [-0.3, -0.25) is 14.7 Å². The first-order valence-corrected chi connectivity index (χ1v) is 10.6. The number of hydrogen-bond donors (Lipinski definition) is 1. The van der Waals surface area contributed by atoms with E-state index < -0.39 is 0 Å². The van der Waals surface area contributed by atoms with Crippen LogP contribution in [0.25, 0.3) is 0 Å². The zero-order valence-electron chi connectivity index (χ0n) is 16.0. The molecule has 3 unspecified atom stereocenters. The molecule has 1 amide bonds. The summed E-state index contributed by atoms with van der Waals surface area (Å²) in [5.74, 6) is 0.367. The summed E-state index contributed by atoms with van der Waals surface area (Å²) in [6.07, 6.45) is 5.75. The molecule has 2 saturated heterocycles. The number of likely N-dealkylation sites (tertiary alicyclic amines) is 1. The van der Waals surface area contributed by atoms with Gasteiger partial charge >= 0.3 is 0 Å². The molecule has 0 aromatic carbocycles. The number of pyridine rings is 1. The van der Waals surface area contributed by atoms with E-state index in [2.05, 4.69) is 40.5 Å². The molecular weight excluding hydrogens is 358 g/mol. The predicted octanol–water partition coefficient (Wildman–Crippen LogP) is 3.85. The van der Waals surface area contributed by atoms with Crippen molar-refractivity contribution in [3.05, 3.63) is 46.4 Å². The van der Waals surface area contributed by atoms with Crippen molar-refractivity contribution in [1.82, 2.24) is 9.88 Å². The summed E-state index contributed by atoms with van der Waals surface area (Å²) >= 11 is 1.84. The standard InChI is InChI=1S/C21H27N3O2S/c1-15-6-11-27-19(15)14-24-10-8-21(16(2)13-24)7-5-18(26-21)20(25)23-17-4-3-9-22-12-17/h3-4,6,9,11-12,16,18H,5,7-8,10,13-14H2,1-2H3,(H,23,25). The van der Waals surface area contributed by atoms with Crippen LogP contribution < -0.4 is 5.32 Å². The number of amides is 1. The van der Waals surface area contributed by atoms with Crippen LogP contribution in [-0.2, 0) is 16.1 Å². The summed E-state index contributed by atoms with van der Waals surface area (Å²) < 4.78 is 6.39. The lowest BCUT2D eigenvalue weighted by Gasteiger charge is -2.44. The Hall–Kier alpha value is -1.76. The first-order valence-electron chi connectivity index (χ1n) is 9.70. The lowest BCUT2D eigenvalue weighted by molar-refractivity contribution is -0.143. The minimum Gasteiger partial charge on any atom is -0.362 e. The van der Waals surface area contributed by atoms with Gasteiger partial charge in [-0.05, 0) is 61.2 Å². The minimum absolute atomic E-state index is 0.0521. The fourth-order valence-corrected chi connectivity index (χ4v) is 5.27. The van der Waals surface area contributed by atoms with Crippen molar-refractivity contribution in [3.8, 4) is 0 Å². The van der Waals surface area contributed by atoms with Crippen LogP contribution in [-0.4, -0.2) is 40.6 Å². The largest absolute Gasteiger partial charge is 0.362 e. The maximum atomic E-state index is 12.6. The summed E-state index contributed by atoms with van der Waals surface area (Å²) in [6.45, 7) is 7.53. The van der Waals surface area contributed by atoms with Gasteiger partial charge in [0, 0.05) is 30.7 Å². The molecule has 4 rings (SSSR count). The first kappa shape index (κ1) is 18.6. The second-order valence-electron chi connectivity index (χ2n) is 7.85. The number of nitrogens with zero attached hydrogens (tertiary/aromatic N) is 2. The van der Waals surface area contributed by atoms with E-state index in [1.807, 2.05) is 23.5 Å². The number of hydrogen-bond acceptors (Lipinski definition) is 5. The van der Waals surface area contributed by atoms with E-state index >= 15 is 0 Å². The van der Waals surface area contributed by atoms with Crippen molar-refractivity contribution in [1.29, 1.82) is 0 Å². The molecule has 2 aromatic rings. The SMILES string of the molecule is Cc1ccsc1CN1CCC2(CCC(C(=O)Nc3cccnc3)O2)C(C)C1. The number of aryl methyl sites for hydroxylation is 1. The molecule has 2 aliphatic heterocycles. The van der Waals surface area contributed by atoms with E-state index in [1.165, 1.54) is 10.4 Å². The molecule has 0 aliphatic carbocycles. The topological polar surface area (TPSA) is 54.5 Å². The van der Waals surface area contributed by atoms with Gasteiger partial charge in [0.15, 0.2) is 0 Å². The Morgan fingerprint density at radius 3 is 3.04 bits per heavy atom. The van der Waals surface area contributed by atoms with Crippen LogP contribution in [0.5, 0.6) is 0 Å². The summed E-state index contributed by atoms with van der Waals surface area (Å²) in [4.78, 5) is 20.6. The van der Waals surface area contributed by atoms with Gasteiger partial charge in [-0.25, -0.2) is 0 Å². The quantitative estimate of drug-likeness (QED) is 0.869. The van der Waals surface area contributed by atoms with Gasteiger partial charge in [-0.2, -0.15) is 0 Å². The van der Waals surface area contributed by atoms with Gasteiger partial charge in [0.2, 0.25) is 0 Å². The fourth-order valence-electron chi connectivity index (χ4n) is 4.32. The summed E-state index contributed by atoms with van der Waals surface area (Å²) in [6, 6.07) is 5.86. The Kier molecular flexibility index (Phi) is 5.30. The molecule has 6 heteroatoms. The molecule has 0 bridgehead atoms. The monoisotopic (exact) mass is 385 g/mol. The molecule has 5 nitrogen and oxygen atoms in total. The van der Waals surface area contributed by atoms with Crippen LogP contribution in [0, 0.1) is 12.8 Å². The third-order valence-electron chi connectivity index (χ3n) is 6.04. The highest BCUT2D eigenvalue weighted by Gasteiger charge is 2.48. The number of ether oxygens (including phenoxy) is 1. The van der Waals surface area contributed by atoms with Crippen molar-refractivity contribution in [2.24, 2.45) is 5.92 Å². The molecule has 27 heavy (non-hydrogen) atoms. The number of aromatic nitrogens is 1. The molecule has 2 aliphatic rings. The van der Waals surface area contributed by atoms with E-state index in [-0.39, 0.29) is 17.6 Å². The van der Waals surface area contributed by atoms with Gasteiger partial charge in [-0.1, -0.05) is 6.92 Å². The lowest BCUT2D eigenvalue weighted by atomic mass is 9.80. The van der Waals surface area contributed by atoms with Crippen LogP contribution >= 0.6 is 11.3 Å². The smallest absolute Gasteiger partial charge is 0.253 e. The summed E-state index contributed by atoms with van der Waals surface area (Å²) in [5, 5.41) is 5.10. The third-order valence-corrected chi connectivity index (χ3v) is 7.05. The average molecular weight is 386 g/mol. The van der Waals surface area contributed by atoms with Crippen LogP contribution in [0.2, 0.25) is 0 Å². The van der Waals surface area contributed by atoms with Crippen LogP contribution in [0.1, 0.15) is 36.6 Å². The molecule has 2 aromatic heterocycles. The number of anilines is 1. The molecular formula is C21H27N3O2S. The lowest BCUT2D eigenvalue weighted by Crippen LogP contribution is -2.51. The maximum Gasteiger partial charge on any atom is 0.253 e. The van der Waals surface area contributed by atoms with E-state index in [0.717, 1.165) is 44.6 Å². The summed E-state index contributed by atoms with van der Waals surface area (Å²) in [5.41, 5.74) is 1.95. The van der Waals surface area contributed by atoms with Crippen LogP contribution in [0.4, 0.5) is 5.69 Å². The number of rotatable bonds is 4. The van der Waals surface area contributed by atoms with E-state index in [0.29, 0.717) is 5.92 Å². The second-order valence-corrected chi connectivity index (χ2v) is 8.85. The molecule has 0 saturated carbocycles. The second kappa shape index (κ2) is 7.70. The van der Waals surface area contributed by atoms with E-state index in [9.17, 15) is 4.79 Å². The highest BCUT2D eigenvalue weighted by atomic mass is 32.1. The molecule has 144 valence electrons. The first-order chi connectivity index (χ1) is 13.1. The number of carbonyl (C=O) groups excluding carboxylic acids is 1. The number of piperidine rings is 1. The molecule has 4 heterocycles. The van der Waals surface area contributed by atoms with Crippen molar-refractivity contribution in [2.75, 3.05) is 18.4 Å². The van der Waals surface area contributed by atoms with Gasteiger partial charge in [-0.15, -0.1) is 11.3 Å².